The van der Waals surface area contributed by atoms with Crippen molar-refractivity contribution in [2.75, 3.05) is 13.2 Å². The molecule has 2 fully saturated rings. The summed E-state index contributed by atoms with van der Waals surface area (Å²) in [7, 11) is 0. The van der Waals surface area contributed by atoms with E-state index in [1.807, 2.05) is 24.3 Å². The van der Waals surface area contributed by atoms with Gasteiger partial charge in [-0.25, -0.2) is 4.98 Å². The Morgan fingerprint density at radius 2 is 2.00 bits per heavy atom. The smallest absolute Gasteiger partial charge is 0.296 e. The average Bonchev–Trinajstić information content (AvgIpc) is 3.28. The molecular weight excluding hydrogens is 410 g/mol. The quantitative estimate of drug-likeness (QED) is 0.488. The second kappa shape index (κ2) is 7.47. The molecule has 9 heteroatoms. The van der Waals surface area contributed by atoms with Gasteiger partial charge in [0.15, 0.2) is 11.8 Å². The number of benzene rings is 1. The third-order valence-electron chi connectivity index (χ3n) is 5.96. The van der Waals surface area contributed by atoms with E-state index in [2.05, 4.69) is 15.0 Å². The minimum atomic E-state index is -0.945. The fourth-order valence-electron chi connectivity index (χ4n) is 3.96. The highest BCUT2D eigenvalue weighted by molar-refractivity contribution is 6.33. The summed E-state index contributed by atoms with van der Waals surface area (Å²) in [6, 6.07) is 9.54. The van der Waals surface area contributed by atoms with Gasteiger partial charge in [-0.15, -0.1) is 0 Å². The van der Waals surface area contributed by atoms with E-state index < -0.39 is 23.9 Å². The summed E-state index contributed by atoms with van der Waals surface area (Å²) in [4.78, 5) is 11.9. The molecule has 30 heavy (non-hydrogen) atoms. The Morgan fingerprint density at radius 1 is 1.23 bits per heavy atom. The first-order valence-corrected chi connectivity index (χ1v) is 10.3. The van der Waals surface area contributed by atoms with Crippen LogP contribution in [-0.2, 0) is 10.3 Å². The number of nitrogens with zero attached hydrogens (tertiary/aromatic N) is 2. The van der Waals surface area contributed by atoms with Gasteiger partial charge >= 0.3 is 0 Å². The highest BCUT2D eigenvalue weighted by atomic mass is 35.5. The van der Waals surface area contributed by atoms with Crippen molar-refractivity contribution in [3.63, 3.8) is 0 Å². The molecule has 3 aromatic rings. The lowest BCUT2D eigenvalue weighted by molar-refractivity contribution is -0.0387. The number of aromatic amines is 1. The molecule has 158 valence electrons. The summed E-state index contributed by atoms with van der Waals surface area (Å²) in [5.74, 6) is 0. The lowest BCUT2D eigenvalue weighted by Gasteiger charge is -2.37. The van der Waals surface area contributed by atoms with Gasteiger partial charge in [0.1, 0.15) is 12.2 Å². The molecule has 0 spiro atoms. The summed E-state index contributed by atoms with van der Waals surface area (Å²) >= 11 is 6.46. The molecule has 1 aromatic carbocycles. The Kier molecular flexibility index (Phi) is 4.91. The molecular formula is C21H22ClN3O5. The number of nitrogens with one attached hydrogen (secondary N) is 1. The fourth-order valence-corrected chi connectivity index (χ4v) is 4.22. The summed E-state index contributed by atoms with van der Waals surface area (Å²) in [6.45, 7) is -0.126. The number of aliphatic hydroxyl groups excluding tert-OH is 2. The second-order valence-electron chi connectivity index (χ2n) is 7.90. The molecule has 3 atom stereocenters. The van der Waals surface area contributed by atoms with Gasteiger partial charge in [-0.05, 0) is 30.9 Å². The van der Waals surface area contributed by atoms with Gasteiger partial charge in [-0.3, -0.25) is 0 Å². The summed E-state index contributed by atoms with van der Waals surface area (Å²) in [5, 5.41) is 30.3. The number of ether oxygens (including phenoxy) is 2. The van der Waals surface area contributed by atoms with Crippen LogP contribution in [0.15, 0.2) is 30.3 Å². The molecule has 3 unspecified atom stereocenters. The summed E-state index contributed by atoms with van der Waals surface area (Å²) < 4.78 is 11.0. The van der Waals surface area contributed by atoms with Gasteiger partial charge in [0.25, 0.3) is 6.01 Å². The number of hydrogen-bond acceptors (Lipinski definition) is 7. The van der Waals surface area contributed by atoms with Crippen LogP contribution in [0.2, 0.25) is 5.02 Å². The van der Waals surface area contributed by atoms with Crippen LogP contribution in [0.3, 0.4) is 0 Å². The van der Waals surface area contributed by atoms with E-state index in [9.17, 15) is 15.3 Å². The number of aliphatic hydroxyl groups is 3. The van der Waals surface area contributed by atoms with E-state index in [1.165, 1.54) is 0 Å². The van der Waals surface area contributed by atoms with Crippen LogP contribution in [0.5, 0.6) is 6.01 Å². The van der Waals surface area contributed by atoms with Crippen LogP contribution in [0.25, 0.3) is 22.4 Å². The van der Waals surface area contributed by atoms with Gasteiger partial charge in [0.05, 0.1) is 35.0 Å². The lowest BCUT2D eigenvalue weighted by Crippen LogP contribution is -2.36. The van der Waals surface area contributed by atoms with E-state index in [4.69, 9.17) is 21.1 Å². The molecule has 2 aliphatic rings. The minimum absolute atomic E-state index is 0.154. The molecule has 1 saturated heterocycles. The number of halogens is 1. The molecule has 0 amide bonds. The van der Waals surface area contributed by atoms with Crippen molar-refractivity contribution in [3.05, 3.63) is 40.9 Å². The maximum Gasteiger partial charge on any atom is 0.296 e. The molecule has 1 aliphatic heterocycles. The highest BCUT2D eigenvalue weighted by Crippen LogP contribution is 2.41. The van der Waals surface area contributed by atoms with Gasteiger partial charge in [-0.2, -0.15) is 4.98 Å². The number of hydrogen-bond donors (Lipinski definition) is 4. The van der Waals surface area contributed by atoms with Crippen molar-refractivity contribution in [3.8, 4) is 17.3 Å². The Hall–Kier alpha value is -2.23. The van der Waals surface area contributed by atoms with Crippen LogP contribution in [-0.4, -0.2) is 61.8 Å². The molecule has 4 N–H and O–H groups in total. The van der Waals surface area contributed by atoms with Gasteiger partial charge in [-0.1, -0.05) is 35.9 Å². The first kappa shape index (κ1) is 19.7. The number of fused-ring (bicyclic) bond motifs is 1. The SMILES string of the molecule is OCC1OCC(Oc2nc3nc(-c4ccc(C5(O)CCC5)cc4)c(Cl)cc3[nH]2)C1O. The van der Waals surface area contributed by atoms with Crippen molar-refractivity contribution in [1.29, 1.82) is 0 Å². The Bertz CT molecular complexity index is 1070. The number of pyridine rings is 1. The molecule has 3 heterocycles. The van der Waals surface area contributed by atoms with E-state index >= 15 is 0 Å². The summed E-state index contributed by atoms with van der Waals surface area (Å²) in [6.07, 6.45) is 0.359. The molecule has 1 aliphatic carbocycles. The monoisotopic (exact) mass is 431 g/mol. The van der Waals surface area contributed by atoms with Gasteiger partial charge in [0, 0.05) is 5.56 Å². The normalized spacial score (nSPS) is 25.4. The lowest BCUT2D eigenvalue weighted by atomic mass is 9.75. The topological polar surface area (TPSA) is 121 Å². The molecule has 0 bridgehead atoms. The van der Waals surface area contributed by atoms with Crippen molar-refractivity contribution < 1.29 is 24.8 Å². The molecule has 0 radical (unpaired) electrons. The zero-order valence-electron chi connectivity index (χ0n) is 16.1. The third-order valence-corrected chi connectivity index (χ3v) is 6.25. The molecule has 2 aromatic heterocycles. The minimum Gasteiger partial charge on any atom is -0.456 e. The third kappa shape index (κ3) is 3.34. The van der Waals surface area contributed by atoms with Gasteiger partial charge in [0.2, 0.25) is 0 Å². The second-order valence-corrected chi connectivity index (χ2v) is 8.30. The number of rotatable bonds is 5. The van der Waals surface area contributed by atoms with Gasteiger partial charge < -0.3 is 29.8 Å². The maximum absolute atomic E-state index is 10.5. The summed E-state index contributed by atoms with van der Waals surface area (Å²) in [5.41, 5.74) is 2.63. The van der Waals surface area contributed by atoms with Crippen molar-refractivity contribution >= 4 is 22.8 Å². The predicted octanol–water partition coefficient (Wildman–Crippen LogP) is 2.15. The van der Waals surface area contributed by atoms with Crippen LogP contribution in [0, 0.1) is 0 Å². The standard InChI is InChI=1S/C21H22ClN3O5/c22-13-8-14-19(25-20(23-14)30-16-10-29-15(9-26)18(16)27)24-17(13)11-2-4-12(5-3-11)21(28)6-1-7-21/h2-5,8,15-16,18,26-28H,1,6-7,9-10H2,(H,23,24,25). The van der Waals surface area contributed by atoms with Crippen LogP contribution in [0.4, 0.5) is 0 Å². The zero-order chi connectivity index (χ0) is 20.9. The Morgan fingerprint density at radius 3 is 2.63 bits per heavy atom. The number of aromatic nitrogens is 3. The van der Waals surface area contributed by atoms with Crippen LogP contribution in [0.1, 0.15) is 24.8 Å². The van der Waals surface area contributed by atoms with Crippen LogP contribution < -0.4 is 4.74 Å². The molecule has 1 saturated carbocycles. The molecule has 8 nitrogen and oxygen atoms in total. The van der Waals surface area contributed by atoms with E-state index in [0.29, 0.717) is 21.9 Å². The zero-order valence-corrected chi connectivity index (χ0v) is 16.8. The van der Waals surface area contributed by atoms with Crippen molar-refractivity contribution in [2.45, 2.75) is 43.2 Å². The fraction of sp³-hybridized carbons (Fsp3) is 0.429. The predicted molar refractivity (Wildman–Crippen MR) is 109 cm³/mol. The number of imidazole rings is 1. The first-order valence-electron chi connectivity index (χ1n) is 9.93. The van der Waals surface area contributed by atoms with E-state index in [-0.39, 0.29) is 19.2 Å². The Labute approximate surface area is 177 Å². The highest BCUT2D eigenvalue weighted by Gasteiger charge is 2.38. The number of H-pyrrole nitrogens is 1. The van der Waals surface area contributed by atoms with E-state index in [1.54, 1.807) is 6.07 Å². The Balaban J connectivity index is 1.40. The van der Waals surface area contributed by atoms with Crippen molar-refractivity contribution in [2.24, 2.45) is 0 Å². The van der Waals surface area contributed by atoms with E-state index in [0.717, 1.165) is 30.4 Å². The largest absolute Gasteiger partial charge is 0.456 e. The average molecular weight is 432 g/mol. The first-order chi connectivity index (χ1) is 14.5. The van der Waals surface area contributed by atoms with Crippen molar-refractivity contribution in [1.82, 2.24) is 15.0 Å². The maximum atomic E-state index is 10.5. The molecule has 5 rings (SSSR count). The van der Waals surface area contributed by atoms with Crippen LogP contribution >= 0.6 is 11.6 Å².